The van der Waals surface area contributed by atoms with Gasteiger partial charge in [0, 0.05) is 13.1 Å². The molecule has 150 valence electrons. The first kappa shape index (κ1) is 20.0. The summed E-state index contributed by atoms with van der Waals surface area (Å²) in [5, 5.41) is 8.71. The number of aliphatic carboxylic acids is 1. The summed E-state index contributed by atoms with van der Waals surface area (Å²) in [7, 11) is -3.79. The van der Waals surface area contributed by atoms with Gasteiger partial charge < -0.3 is 14.7 Å². The summed E-state index contributed by atoms with van der Waals surface area (Å²) in [6.45, 7) is 3.02. The van der Waals surface area contributed by atoms with Crippen molar-refractivity contribution in [2.45, 2.75) is 31.1 Å². The molecule has 0 amide bonds. The van der Waals surface area contributed by atoms with Gasteiger partial charge in [-0.2, -0.15) is 0 Å². The van der Waals surface area contributed by atoms with Crippen LogP contribution in [0.2, 0.25) is 0 Å². The first-order valence-electron chi connectivity index (χ1n) is 9.19. The zero-order valence-electron chi connectivity index (χ0n) is 15.7. The number of para-hydroxylation sites is 2. The Morgan fingerprint density at radius 3 is 2.54 bits per heavy atom. The minimum Gasteiger partial charge on any atom is -0.482 e. The monoisotopic (exact) mass is 404 g/mol. The fourth-order valence-corrected chi connectivity index (χ4v) is 4.42. The van der Waals surface area contributed by atoms with Crippen molar-refractivity contribution in [2.24, 2.45) is 0 Å². The third-order valence-corrected chi connectivity index (χ3v) is 6.02. The van der Waals surface area contributed by atoms with Gasteiger partial charge in [-0.3, -0.25) is 4.72 Å². The summed E-state index contributed by atoms with van der Waals surface area (Å²) in [4.78, 5) is 12.9. The molecule has 1 fully saturated rings. The van der Waals surface area contributed by atoms with Gasteiger partial charge in [0.2, 0.25) is 0 Å². The number of sulfonamides is 1. The third kappa shape index (κ3) is 4.75. The average molecular weight is 404 g/mol. The lowest BCUT2D eigenvalue weighted by Gasteiger charge is -2.30. The van der Waals surface area contributed by atoms with Crippen LogP contribution in [0.15, 0.2) is 47.4 Å². The van der Waals surface area contributed by atoms with E-state index in [2.05, 4.69) is 9.62 Å². The molecule has 0 spiro atoms. The number of hydrogen-bond acceptors (Lipinski definition) is 5. The molecular weight excluding hydrogens is 380 g/mol. The van der Waals surface area contributed by atoms with Gasteiger partial charge in [-0.1, -0.05) is 12.1 Å². The molecule has 1 aliphatic heterocycles. The van der Waals surface area contributed by atoms with E-state index in [4.69, 9.17) is 9.84 Å². The van der Waals surface area contributed by atoms with E-state index in [-0.39, 0.29) is 4.90 Å². The minimum atomic E-state index is -3.79. The normalized spacial score (nSPS) is 14.5. The second kappa shape index (κ2) is 8.52. The van der Waals surface area contributed by atoms with Crippen LogP contribution in [0.5, 0.6) is 5.75 Å². The fourth-order valence-electron chi connectivity index (χ4n) is 3.26. The lowest BCUT2D eigenvalue weighted by molar-refractivity contribution is -0.139. The van der Waals surface area contributed by atoms with Gasteiger partial charge in [0.05, 0.1) is 16.3 Å². The van der Waals surface area contributed by atoms with Crippen molar-refractivity contribution in [3.63, 3.8) is 0 Å². The van der Waals surface area contributed by atoms with Crippen molar-refractivity contribution in [1.29, 1.82) is 0 Å². The predicted molar refractivity (Wildman–Crippen MR) is 108 cm³/mol. The Labute approximate surface area is 165 Å². The Kier molecular flexibility index (Phi) is 6.08. The van der Waals surface area contributed by atoms with Crippen LogP contribution in [-0.2, 0) is 14.8 Å². The molecule has 1 heterocycles. The minimum absolute atomic E-state index is 0.0983. The molecular formula is C20H24N2O5S. The molecule has 1 aliphatic rings. The topological polar surface area (TPSA) is 95.9 Å². The second-order valence-corrected chi connectivity index (χ2v) is 8.46. The van der Waals surface area contributed by atoms with E-state index in [0.717, 1.165) is 31.6 Å². The zero-order valence-corrected chi connectivity index (χ0v) is 16.5. The maximum absolute atomic E-state index is 12.9. The number of piperidine rings is 1. The molecule has 2 aromatic carbocycles. The Morgan fingerprint density at radius 1 is 1.14 bits per heavy atom. The number of nitrogens with one attached hydrogen (secondary N) is 1. The van der Waals surface area contributed by atoms with Crippen LogP contribution in [0.25, 0.3) is 0 Å². The van der Waals surface area contributed by atoms with Crippen molar-refractivity contribution in [3.05, 3.63) is 48.0 Å². The SMILES string of the molecule is Cc1cc(S(=O)(=O)Nc2ccccc2N2CCCCC2)ccc1OCC(=O)O. The van der Waals surface area contributed by atoms with E-state index in [0.29, 0.717) is 17.0 Å². The second-order valence-electron chi connectivity index (χ2n) is 6.78. The fraction of sp³-hybridized carbons (Fsp3) is 0.350. The number of carbonyl (C=O) groups is 1. The van der Waals surface area contributed by atoms with Crippen molar-refractivity contribution in [2.75, 3.05) is 29.3 Å². The number of carboxylic acids is 1. The molecule has 0 radical (unpaired) electrons. The Morgan fingerprint density at radius 2 is 1.86 bits per heavy atom. The number of ether oxygens (including phenoxy) is 1. The number of nitrogens with zero attached hydrogens (tertiary/aromatic N) is 1. The largest absolute Gasteiger partial charge is 0.482 e. The number of rotatable bonds is 7. The molecule has 3 rings (SSSR count). The molecule has 7 nitrogen and oxygen atoms in total. The van der Waals surface area contributed by atoms with Crippen LogP contribution in [-0.4, -0.2) is 39.2 Å². The van der Waals surface area contributed by atoms with Gasteiger partial charge in [0.15, 0.2) is 6.61 Å². The van der Waals surface area contributed by atoms with E-state index < -0.39 is 22.6 Å². The highest BCUT2D eigenvalue weighted by Crippen LogP contribution is 2.31. The lowest BCUT2D eigenvalue weighted by atomic mass is 10.1. The van der Waals surface area contributed by atoms with Gasteiger partial charge in [-0.15, -0.1) is 0 Å². The van der Waals surface area contributed by atoms with Crippen LogP contribution in [0.1, 0.15) is 24.8 Å². The highest BCUT2D eigenvalue weighted by molar-refractivity contribution is 7.92. The molecule has 0 bridgehead atoms. The van der Waals surface area contributed by atoms with E-state index in [1.165, 1.54) is 24.6 Å². The highest BCUT2D eigenvalue weighted by atomic mass is 32.2. The average Bonchev–Trinajstić information content (AvgIpc) is 2.67. The quantitative estimate of drug-likeness (QED) is 0.735. The highest BCUT2D eigenvalue weighted by Gasteiger charge is 2.20. The number of benzene rings is 2. The predicted octanol–water partition coefficient (Wildman–Crippen LogP) is 3.25. The molecule has 8 heteroatoms. The number of carboxylic acid groups (broad SMARTS) is 1. The lowest BCUT2D eigenvalue weighted by Crippen LogP contribution is -2.30. The molecule has 0 unspecified atom stereocenters. The van der Waals surface area contributed by atoms with E-state index in [1.54, 1.807) is 19.1 Å². The molecule has 0 aliphatic carbocycles. The zero-order chi connectivity index (χ0) is 20.1. The number of hydrogen-bond donors (Lipinski definition) is 2. The summed E-state index contributed by atoms with van der Waals surface area (Å²) >= 11 is 0. The Bertz CT molecular complexity index is 953. The molecule has 2 N–H and O–H groups in total. The molecule has 28 heavy (non-hydrogen) atoms. The van der Waals surface area contributed by atoms with E-state index >= 15 is 0 Å². The van der Waals surface area contributed by atoms with Crippen molar-refractivity contribution in [3.8, 4) is 5.75 Å². The number of anilines is 2. The van der Waals surface area contributed by atoms with Crippen LogP contribution in [0.3, 0.4) is 0 Å². The van der Waals surface area contributed by atoms with Gasteiger partial charge in [0.1, 0.15) is 5.75 Å². The first-order chi connectivity index (χ1) is 13.4. The third-order valence-electron chi connectivity index (χ3n) is 4.65. The van der Waals surface area contributed by atoms with Crippen LogP contribution < -0.4 is 14.4 Å². The van der Waals surface area contributed by atoms with Crippen molar-refractivity contribution >= 4 is 27.4 Å². The summed E-state index contributed by atoms with van der Waals surface area (Å²) < 4.78 is 33.7. The Balaban J connectivity index is 1.82. The molecule has 1 saturated heterocycles. The van der Waals surface area contributed by atoms with Crippen LogP contribution >= 0.6 is 0 Å². The molecule has 0 atom stereocenters. The summed E-state index contributed by atoms with van der Waals surface area (Å²) in [5.74, 6) is -0.748. The Hall–Kier alpha value is -2.74. The summed E-state index contributed by atoms with van der Waals surface area (Å²) in [6.07, 6.45) is 3.39. The standard InChI is InChI=1S/C20H24N2O5S/c1-15-13-16(9-10-19(15)27-14-20(23)24)28(25,26)21-17-7-3-4-8-18(17)22-11-5-2-6-12-22/h3-4,7-10,13,21H,2,5-6,11-12,14H2,1H3,(H,23,24). The smallest absolute Gasteiger partial charge is 0.341 e. The van der Waals surface area contributed by atoms with Gasteiger partial charge >= 0.3 is 5.97 Å². The molecule has 0 aromatic heterocycles. The van der Waals surface area contributed by atoms with Gasteiger partial charge in [-0.25, -0.2) is 13.2 Å². The van der Waals surface area contributed by atoms with E-state index in [9.17, 15) is 13.2 Å². The summed E-state index contributed by atoms with van der Waals surface area (Å²) in [5.41, 5.74) is 1.98. The van der Waals surface area contributed by atoms with Crippen LogP contribution in [0.4, 0.5) is 11.4 Å². The van der Waals surface area contributed by atoms with Crippen molar-refractivity contribution < 1.29 is 23.1 Å². The van der Waals surface area contributed by atoms with E-state index in [1.807, 2.05) is 12.1 Å². The van der Waals surface area contributed by atoms with Crippen molar-refractivity contribution in [1.82, 2.24) is 0 Å². The molecule has 2 aromatic rings. The maximum Gasteiger partial charge on any atom is 0.341 e. The molecule has 0 saturated carbocycles. The maximum atomic E-state index is 12.9. The summed E-state index contributed by atoms with van der Waals surface area (Å²) in [6, 6.07) is 11.8. The first-order valence-corrected chi connectivity index (χ1v) is 10.7. The van der Waals surface area contributed by atoms with Gasteiger partial charge in [-0.05, 0) is 62.1 Å². The van der Waals surface area contributed by atoms with Gasteiger partial charge in [0.25, 0.3) is 10.0 Å². The number of aryl methyl sites for hydroxylation is 1. The van der Waals surface area contributed by atoms with Crippen LogP contribution in [0, 0.1) is 6.92 Å².